The molecule has 0 aliphatic rings. The summed E-state index contributed by atoms with van der Waals surface area (Å²) >= 11 is 0. The fourth-order valence-corrected chi connectivity index (χ4v) is 1.92. The Morgan fingerprint density at radius 3 is 2.40 bits per heavy atom. The van der Waals surface area contributed by atoms with Crippen LogP contribution in [-0.2, 0) is 12.8 Å². The largest absolute Gasteiger partial charge is 0.0809 e. The zero-order chi connectivity index (χ0) is 11.3. The number of rotatable bonds is 4. The van der Waals surface area contributed by atoms with Crippen molar-refractivity contribution in [1.82, 2.24) is 0 Å². The van der Waals surface area contributed by atoms with E-state index in [4.69, 9.17) is 6.42 Å². The molecule has 0 aliphatic heterocycles. The highest BCUT2D eigenvalue weighted by Gasteiger charge is 2.10. The quantitative estimate of drug-likeness (QED) is 0.645. The van der Waals surface area contributed by atoms with Gasteiger partial charge >= 0.3 is 0 Å². The van der Waals surface area contributed by atoms with Gasteiger partial charge in [0.1, 0.15) is 0 Å². The summed E-state index contributed by atoms with van der Waals surface area (Å²) in [7, 11) is 0. The van der Waals surface area contributed by atoms with Crippen molar-refractivity contribution >= 4 is 0 Å². The highest BCUT2D eigenvalue weighted by molar-refractivity contribution is 5.37. The Morgan fingerprint density at radius 1 is 1.20 bits per heavy atom. The summed E-state index contributed by atoms with van der Waals surface area (Å²) in [6, 6.07) is 6.62. The van der Waals surface area contributed by atoms with Crippen LogP contribution in [0.3, 0.4) is 0 Å². The minimum atomic E-state index is 0.172. The standard InChI is InChI=1S/C15H19/c1-5-12-9-10-15(13(6-2)7-3)14(8-4)11-12/h9-11,13H,5-6,8H2,1-2,4H3. The molecule has 0 aromatic heterocycles. The first kappa shape index (κ1) is 11.9. The van der Waals surface area contributed by atoms with Crippen molar-refractivity contribution in [3.8, 4) is 5.92 Å². The van der Waals surface area contributed by atoms with Crippen molar-refractivity contribution in [1.29, 1.82) is 0 Å². The van der Waals surface area contributed by atoms with Gasteiger partial charge in [-0.15, -0.1) is 0 Å². The minimum Gasteiger partial charge on any atom is -0.0809 e. The summed E-state index contributed by atoms with van der Waals surface area (Å²) in [5.41, 5.74) is 4.04. The molecule has 1 atom stereocenters. The highest BCUT2D eigenvalue weighted by Crippen LogP contribution is 2.24. The molecule has 0 heterocycles. The maximum atomic E-state index is 7.32. The molecule has 0 N–H and O–H groups in total. The second kappa shape index (κ2) is 5.61. The van der Waals surface area contributed by atoms with E-state index in [0.717, 1.165) is 19.3 Å². The second-order valence-electron chi connectivity index (χ2n) is 3.85. The zero-order valence-electron chi connectivity index (χ0n) is 9.93. The van der Waals surface area contributed by atoms with Crippen LogP contribution >= 0.6 is 0 Å². The first-order valence-electron chi connectivity index (χ1n) is 5.80. The van der Waals surface area contributed by atoms with Crippen LogP contribution in [0.5, 0.6) is 0 Å². The number of hydrogen-bond donors (Lipinski definition) is 0. The topological polar surface area (TPSA) is 0 Å². The van der Waals surface area contributed by atoms with Crippen LogP contribution in [0.1, 0.15) is 49.8 Å². The second-order valence-corrected chi connectivity index (χ2v) is 3.85. The van der Waals surface area contributed by atoms with Gasteiger partial charge in [-0.2, -0.15) is 0 Å². The monoisotopic (exact) mass is 199 g/mol. The molecule has 0 heteroatoms. The maximum Gasteiger partial charge on any atom is 0.0462 e. The molecule has 1 aromatic rings. The van der Waals surface area contributed by atoms with Crippen molar-refractivity contribution in [3.05, 3.63) is 41.3 Å². The van der Waals surface area contributed by atoms with Crippen LogP contribution in [-0.4, -0.2) is 0 Å². The Bertz CT molecular complexity index is 355. The third kappa shape index (κ3) is 2.63. The van der Waals surface area contributed by atoms with Crippen LogP contribution in [0.25, 0.3) is 0 Å². The number of aryl methyl sites for hydroxylation is 2. The van der Waals surface area contributed by atoms with Gasteiger partial charge in [-0.05, 0) is 42.4 Å². The fraction of sp³-hybridized carbons (Fsp3) is 0.467. The summed E-state index contributed by atoms with van der Waals surface area (Å²) in [5.74, 6) is 2.80. The molecule has 0 nitrogen and oxygen atoms in total. The lowest BCUT2D eigenvalue weighted by atomic mass is 9.90. The smallest absolute Gasteiger partial charge is 0.0462 e. The first-order chi connectivity index (χ1) is 7.26. The number of hydrogen-bond acceptors (Lipinski definition) is 0. The van der Waals surface area contributed by atoms with Crippen LogP contribution < -0.4 is 0 Å². The van der Waals surface area contributed by atoms with Crippen LogP contribution in [0.4, 0.5) is 0 Å². The molecule has 1 rings (SSSR count). The Balaban J connectivity index is 3.13. The Labute approximate surface area is 93.7 Å². The summed E-state index contributed by atoms with van der Waals surface area (Å²) < 4.78 is 0. The SMILES string of the molecule is [C]#CC(CC)c1ccc(CC)cc1CC. The summed E-state index contributed by atoms with van der Waals surface area (Å²) in [6.45, 7) is 6.46. The highest BCUT2D eigenvalue weighted by atomic mass is 14.1. The molecule has 0 spiro atoms. The lowest BCUT2D eigenvalue weighted by Crippen LogP contribution is -2.00. The van der Waals surface area contributed by atoms with Gasteiger partial charge in [0, 0.05) is 5.92 Å². The van der Waals surface area contributed by atoms with E-state index in [1.54, 1.807) is 0 Å². The fourth-order valence-electron chi connectivity index (χ4n) is 1.92. The molecule has 15 heavy (non-hydrogen) atoms. The Morgan fingerprint density at radius 2 is 1.93 bits per heavy atom. The lowest BCUT2D eigenvalue weighted by molar-refractivity contribution is 0.812. The zero-order valence-corrected chi connectivity index (χ0v) is 9.93. The van der Waals surface area contributed by atoms with E-state index in [0.29, 0.717) is 0 Å². The molecule has 0 saturated heterocycles. The van der Waals surface area contributed by atoms with Crippen LogP contribution in [0.15, 0.2) is 18.2 Å². The van der Waals surface area contributed by atoms with Gasteiger partial charge in [0.25, 0.3) is 0 Å². The van der Waals surface area contributed by atoms with Crippen LogP contribution in [0, 0.1) is 12.3 Å². The summed E-state index contributed by atoms with van der Waals surface area (Å²) in [6.07, 6.45) is 10.4. The molecular formula is C15H19. The van der Waals surface area contributed by atoms with E-state index in [9.17, 15) is 0 Å². The third-order valence-corrected chi connectivity index (χ3v) is 2.95. The van der Waals surface area contributed by atoms with E-state index >= 15 is 0 Å². The molecule has 1 radical (unpaired) electrons. The van der Waals surface area contributed by atoms with Gasteiger partial charge in [0.2, 0.25) is 0 Å². The minimum absolute atomic E-state index is 0.172. The van der Waals surface area contributed by atoms with E-state index in [1.807, 2.05) is 0 Å². The van der Waals surface area contributed by atoms with E-state index < -0.39 is 0 Å². The molecule has 0 amide bonds. The van der Waals surface area contributed by atoms with Crippen molar-refractivity contribution in [2.75, 3.05) is 0 Å². The van der Waals surface area contributed by atoms with E-state index in [1.165, 1.54) is 16.7 Å². The molecule has 79 valence electrons. The average Bonchev–Trinajstić information content (AvgIpc) is 2.31. The lowest BCUT2D eigenvalue weighted by Gasteiger charge is -2.14. The molecule has 0 bridgehead atoms. The predicted molar refractivity (Wildman–Crippen MR) is 65.4 cm³/mol. The summed E-state index contributed by atoms with van der Waals surface area (Å²) in [5, 5.41) is 0. The first-order valence-corrected chi connectivity index (χ1v) is 5.80. The Hall–Kier alpha value is -1.22. The van der Waals surface area contributed by atoms with Gasteiger partial charge in [-0.25, -0.2) is 0 Å². The molecule has 1 aromatic carbocycles. The van der Waals surface area contributed by atoms with Gasteiger partial charge in [0.15, 0.2) is 0 Å². The van der Waals surface area contributed by atoms with Gasteiger partial charge < -0.3 is 0 Å². The third-order valence-electron chi connectivity index (χ3n) is 2.95. The molecule has 0 saturated carbocycles. The molecular weight excluding hydrogens is 180 g/mol. The van der Waals surface area contributed by atoms with Crippen LogP contribution in [0.2, 0.25) is 0 Å². The van der Waals surface area contributed by atoms with E-state index in [-0.39, 0.29) is 5.92 Å². The molecule has 0 fully saturated rings. The number of benzene rings is 1. The van der Waals surface area contributed by atoms with Crippen molar-refractivity contribution in [2.24, 2.45) is 0 Å². The van der Waals surface area contributed by atoms with E-state index in [2.05, 4.69) is 44.9 Å². The van der Waals surface area contributed by atoms with Gasteiger partial charge in [-0.1, -0.05) is 44.9 Å². The maximum absolute atomic E-state index is 7.32. The van der Waals surface area contributed by atoms with Crippen molar-refractivity contribution < 1.29 is 0 Å². The van der Waals surface area contributed by atoms with Gasteiger partial charge in [0.05, 0.1) is 0 Å². The predicted octanol–water partition coefficient (Wildman–Crippen LogP) is 3.89. The van der Waals surface area contributed by atoms with Crippen molar-refractivity contribution in [2.45, 2.75) is 46.0 Å². The van der Waals surface area contributed by atoms with Crippen molar-refractivity contribution in [3.63, 3.8) is 0 Å². The van der Waals surface area contributed by atoms with Gasteiger partial charge in [-0.3, -0.25) is 0 Å². The summed E-state index contributed by atoms with van der Waals surface area (Å²) in [4.78, 5) is 0. The Kier molecular flexibility index (Phi) is 4.43. The molecule has 0 aliphatic carbocycles. The molecule has 1 unspecified atom stereocenters. The normalized spacial score (nSPS) is 12.1. The average molecular weight is 199 g/mol.